The second-order valence-corrected chi connectivity index (χ2v) is 10.7. The quantitative estimate of drug-likeness (QED) is 0.453. The fraction of sp³-hybridized carbons (Fsp3) is 0.414. The van der Waals surface area contributed by atoms with Crippen LogP contribution in [-0.4, -0.2) is 45.7 Å². The molecule has 1 aliphatic carbocycles. The number of aliphatic hydroxyl groups is 1. The Morgan fingerprint density at radius 2 is 1.82 bits per heavy atom. The minimum absolute atomic E-state index is 0.0190. The van der Waals surface area contributed by atoms with E-state index < -0.39 is 46.1 Å². The van der Waals surface area contributed by atoms with E-state index in [1.807, 2.05) is 13.0 Å². The third-order valence-corrected chi connectivity index (χ3v) is 8.20. The summed E-state index contributed by atoms with van der Waals surface area (Å²) in [5.41, 5.74) is 6.03. The summed E-state index contributed by atoms with van der Waals surface area (Å²) in [6.07, 6.45) is 4.40. The van der Waals surface area contributed by atoms with E-state index in [2.05, 4.69) is 9.97 Å². The normalized spacial score (nSPS) is 25.7. The van der Waals surface area contributed by atoms with Gasteiger partial charge in [0.15, 0.2) is 5.78 Å². The third kappa shape index (κ3) is 4.86. The van der Waals surface area contributed by atoms with Crippen molar-refractivity contribution in [3.05, 3.63) is 82.6 Å². The Kier molecular flexibility index (Phi) is 7.11. The smallest absolute Gasteiger partial charge is 0.185 e. The van der Waals surface area contributed by atoms with Gasteiger partial charge in [-0.1, -0.05) is 6.92 Å². The van der Waals surface area contributed by atoms with Crippen LogP contribution in [0.5, 0.6) is 0 Å². The van der Waals surface area contributed by atoms with Crippen LogP contribution in [0.25, 0.3) is 11.3 Å². The number of nitrogens with zero attached hydrogens (tertiary/aromatic N) is 2. The Hall–Kier alpha value is -3.14. The van der Waals surface area contributed by atoms with E-state index in [0.29, 0.717) is 37.2 Å². The van der Waals surface area contributed by atoms with Gasteiger partial charge >= 0.3 is 0 Å². The van der Waals surface area contributed by atoms with E-state index in [4.69, 9.17) is 10.5 Å². The van der Waals surface area contributed by atoms with Gasteiger partial charge in [0.05, 0.1) is 24.4 Å². The van der Waals surface area contributed by atoms with Gasteiger partial charge in [-0.25, -0.2) is 18.2 Å². The first-order valence-corrected chi connectivity index (χ1v) is 12.7. The molecule has 1 saturated heterocycles. The van der Waals surface area contributed by atoms with Gasteiger partial charge in [-0.15, -0.1) is 0 Å². The highest BCUT2D eigenvalue weighted by Crippen LogP contribution is 2.42. The average Bonchev–Trinajstić information content (AvgIpc) is 2.82. The molecule has 38 heavy (non-hydrogen) atoms. The van der Waals surface area contributed by atoms with Crippen molar-refractivity contribution in [2.75, 3.05) is 13.2 Å². The van der Waals surface area contributed by atoms with Crippen LogP contribution < -0.4 is 5.73 Å². The minimum Gasteiger partial charge on any atom is -0.388 e. The summed E-state index contributed by atoms with van der Waals surface area (Å²) in [6, 6.07) is 5.95. The zero-order valence-electron chi connectivity index (χ0n) is 21.3. The van der Waals surface area contributed by atoms with E-state index in [-0.39, 0.29) is 29.9 Å². The Labute approximate surface area is 219 Å². The van der Waals surface area contributed by atoms with Crippen LogP contribution in [0, 0.1) is 23.4 Å². The SMILES string of the molecule is C[C@H]1C[C@@H](c2ccncc2CC(=O)c2ccc(F)c(-c3c(F)cc(C4COC4)cc3F)n2)C[C@@H](N)[C@]1(C)O. The summed E-state index contributed by atoms with van der Waals surface area (Å²) >= 11 is 0. The van der Waals surface area contributed by atoms with Crippen molar-refractivity contribution < 1.29 is 27.8 Å². The van der Waals surface area contributed by atoms with E-state index in [1.165, 1.54) is 6.07 Å². The number of carbonyl (C=O) groups is 1. The highest BCUT2D eigenvalue weighted by molar-refractivity contribution is 5.96. The van der Waals surface area contributed by atoms with E-state index >= 15 is 0 Å². The zero-order chi connectivity index (χ0) is 27.2. The molecule has 0 bridgehead atoms. The molecule has 4 atom stereocenters. The van der Waals surface area contributed by atoms with Crippen molar-refractivity contribution in [2.24, 2.45) is 11.7 Å². The van der Waals surface area contributed by atoms with Gasteiger partial charge in [0.2, 0.25) is 0 Å². The summed E-state index contributed by atoms with van der Waals surface area (Å²) in [6.45, 7) is 4.44. The molecular weight excluding hydrogens is 495 g/mol. The number of ether oxygens (including phenoxy) is 1. The number of hydrogen-bond acceptors (Lipinski definition) is 6. The highest BCUT2D eigenvalue weighted by Gasteiger charge is 2.42. The van der Waals surface area contributed by atoms with Gasteiger partial charge in [-0.05, 0) is 78.6 Å². The second kappa shape index (κ2) is 10.2. The van der Waals surface area contributed by atoms with Crippen molar-refractivity contribution in [1.29, 1.82) is 0 Å². The van der Waals surface area contributed by atoms with Crippen LogP contribution in [-0.2, 0) is 11.2 Å². The number of halogens is 3. The van der Waals surface area contributed by atoms with Crippen molar-refractivity contribution in [3.63, 3.8) is 0 Å². The minimum atomic E-state index is -0.984. The molecule has 6 nitrogen and oxygen atoms in total. The maximum absolute atomic E-state index is 14.9. The van der Waals surface area contributed by atoms with E-state index in [1.54, 1.807) is 19.3 Å². The van der Waals surface area contributed by atoms with Gasteiger partial charge in [-0.2, -0.15) is 0 Å². The predicted molar refractivity (Wildman–Crippen MR) is 135 cm³/mol. The number of aromatic nitrogens is 2. The number of carbonyl (C=O) groups excluding carboxylic acids is 1. The van der Waals surface area contributed by atoms with Crippen LogP contribution in [0.4, 0.5) is 13.2 Å². The molecular formula is C29H30F3N3O3. The maximum Gasteiger partial charge on any atom is 0.185 e. The Morgan fingerprint density at radius 1 is 1.11 bits per heavy atom. The molecule has 0 amide bonds. The molecule has 2 aliphatic rings. The topological polar surface area (TPSA) is 98.3 Å². The first-order valence-electron chi connectivity index (χ1n) is 12.7. The largest absolute Gasteiger partial charge is 0.388 e. The molecule has 3 N–H and O–H groups in total. The lowest BCUT2D eigenvalue weighted by Crippen LogP contribution is -2.54. The van der Waals surface area contributed by atoms with Crippen LogP contribution >= 0.6 is 0 Å². The first-order chi connectivity index (χ1) is 18.1. The lowest BCUT2D eigenvalue weighted by molar-refractivity contribution is -0.0464. The fourth-order valence-electron chi connectivity index (χ4n) is 5.43. The summed E-state index contributed by atoms with van der Waals surface area (Å²) < 4.78 is 49.7. The van der Waals surface area contributed by atoms with Gasteiger partial charge < -0.3 is 15.6 Å². The van der Waals surface area contributed by atoms with E-state index in [0.717, 1.165) is 23.8 Å². The first kappa shape index (κ1) is 26.5. The van der Waals surface area contributed by atoms with Gasteiger partial charge in [0.25, 0.3) is 0 Å². The van der Waals surface area contributed by atoms with Gasteiger partial charge in [0, 0.05) is 30.8 Å². The number of Topliss-reactive ketones (excluding diaryl/α,β-unsaturated/α-hetero) is 1. The number of benzene rings is 1. The maximum atomic E-state index is 14.9. The molecule has 9 heteroatoms. The molecule has 1 aromatic carbocycles. The molecule has 3 aromatic rings. The van der Waals surface area contributed by atoms with Crippen molar-refractivity contribution >= 4 is 5.78 Å². The van der Waals surface area contributed by atoms with Gasteiger partial charge in [-0.3, -0.25) is 9.78 Å². The molecule has 1 saturated carbocycles. The molecule has 2 aromatic heterocycles. The lowest BCUT2D eigenvalue weighted by Gasteiger charge is -2.44. The monoisotopic (exact) mass is 525 g/mol. The van der Waals surface area contributed by atoms with E-state index in [9.17, 15) is 23.1 Å². The van der Waals surface area contributed by atoms with Crippen molar-refractivity contribution in [2.45, 2.75) is 56.6 Å². The molecule has 1 aliphatic heterocycles. The second-order valence-electron chi connectivity index (χ2n) is 10.7. The molecule has 0 radical (unpaired) electrons. The third-order valence-electron chi connectivity index (χ3n) is 8.20. The van der Waals surface area contributed by atoms with Crippen LogP contribution in [0.2, 0.25) is 0 Å². The number of rotatable bonds is 6. The number of ketones is 1. The predicted octanol–water partition coefficient (Wildman–Crippen LogP) is 4.69. The van der Waals surface area contributed by atoms with Crippen molar-refractivity contribution in [1.82, 2.24) is 9.97 Å². The molecule has 2 fully saturated rings. The summed E-state index contributed by atoms with van der Waals surface area (Å²) in [5, 5.41) is 10.7. The number of nitrogens with two attached hydrogens (primary N) is 1. The standard InChI is InChI=1S/C29H30F3N3O3/c1-15-7-17(11-26(33)29(15,2)37)20-5-6-34-12-18(20)10-25(36)24-4-3-21(30)28(35-24)27-22(31)8-16(9-23(27)32)19-13-38-14-19/h3-6,8-9,12,15,17,19,26,37H,7,10-11,13-14,33H2,1-2H3/t15-,17+,26+,29+/m0/s1. The van der Waals surface area contributed by atoms with Crippen LogP contribution in [0.3, 0.4) is 0 Å². The molecule has 0 unspecified atom stereocenters. The molecule has 200 valence electrons. The number of hydrogen-bond donors (Lipinski definition) is 2. The zero-order valence-corrected chi connectivity index (χ0v) is 21.3. The van der Waals surface area contributed by atoms with Crippen molar-refractivity contribution in [3.8, 4) is 11.3 Å². The Balaban J connectivity index is 1.42. The highest BCUT2D eigenvalue weighted by atomic mass is 19.1. The Morgan fingerprint density at radius 3 is 2.45 bits per heavy atom. The van der Waals surface area contributed by atoms with Crippen LogP contribution in [0.15, 0.2) is 42.7 Å². The van der Waals surface area contributed by atoms with Gasteiger partial charge in [0.1, 0.15) is 28.8 Å². The lowest BCUT2D eigenvalue weighted by atomic mass is 9.67. The fourth-order valence-corrected chi connectivity index (χ4v) is 5.43. The molecule has 5 rings (SSSR count). The Bertz CT molecular complexity index is 1340. The average molecular weight is 526 g/mol. The summed E-state index contributed by atoms with van der Waals surface area (Å²) in [4.78, 5) is 21.5. The molecule has 3 heterocycles. The van der Waals surface area contributed by atoms with Crippen LogP contribution in [0.1, 0.15) is 65.7 Å². The molecule has 0 spiro atoms. The number of pyridine rings is 2. The summed E-state index contributed by atoms with van der Waals surface area (Å²) in [5.74, 6) is -3.41. The summed E-state index contributed by atoms with van der Waals surface area (Å²) in [7, 11) is 0.